The van der Waals surface area contributed by atoms with Gasteiger partial charge in [-0.05, 0) is 48.0 Å². The van der Waals surface area contributed by atoms with Crippen LogP contribution in [0.5, 0.6) is 11.5 Å². The summed E-state index contributed by atoms with van der Waals surface area (Å²) < 4.78 is 10.9. The van der Waals surface area contributed by atoms with Crippen LogP contribution in [0.2, 0.25) is 5.02 Å². The molecule has 31 heavy (non-hydrogen) atoms. The number of amides is 1. The molecule has 0 saturated carbocycles. The molecule has 0 aliphatic carbocycles. The molecule has 2 aromatic carbocycles. The van der Waals surface area contributed by atoms with Crippen LogP contribution >= 0.6 is 11.6 Å². The highest BCUT2D eigenvalue weighted by Crippen LogP contribution is 2.45. The number of halogens is 1. The van der Waals surface area contributed by atoms with Gasteiger partial charge in [0.05, 0.1) is 26.0 Å². The van der Waals surface area contributed by atoms with Crippen LogP contribution in [0.1, 0.15) is 33.4 Å². The largest absolute Gasteiger partial charge is 0.507 e. The maximum absolute atomic E-state index is 13.4. The summed E-state index contributed by atoms with van der Waals surface area (Å²) in [7, 11) is 1.60. The summed E-state index contributed by atoms with van der Waals surface area (Å²) in [6.07, 6.45) is 1.58. The first-order valence-corrected chi connectivity index (χ1v) is 9.99. The molecular weight excluding hydrogens is 418 g/mol. The first-order chi connectivity index (χ1) is 15.1. The van der Waals surface area contributed by atoms with Crippen LogP contribution in [-0.2, 0) is 6.54 Å². The molecule has 8 heteroatoms. The summed E-state index contributed by atoms with van der Waals surface area (Å²) in [5.74, 6) is 1.15. The number of carbonyl (C=O) groups excluding carboxylic acids is 1. The van der Waals surface area contributed by atoms with E-state index >= 15 is 0 Å². The highest BCUT2D eigenvalue weighted by Gasteiger charge is 2.43. The maximum atomic E-state index is 13.4. The number of H-pyrrole nitrogens is 1. The average molecular weight is 436 g/mol. The summed E-state index contributed by atoms with van der Waals surface area (Å²) in [6, 6.07) is 15.4. The fourth-order valence-corrected chi connectivity index (χ4v) is 4.16. The van der Waals surface area contributed by atoms with E-state index in [-0.39, 0.29) is 18.2 Å². The smallest absolute Gasteiger partial charge is 0.273 e. The van der Waals surface area contributed by atoms with Gasteiger partial charge in [0.25, 0.3) is 5.91 Å². The van der Waals surface area contributed by atoms with E-state index in [0.29, 0.717) is 39.0 Å². The van der Waals surface area contributed by atoms with Gasteiger partial charge >= 0.3 is 0 Å². The van der Waals surface area contributed by atoms with Crippen molar-refractivity contribution in [3.63, 3.8) is 0 Å². The minimum Gasteiger partial charge on any atom is -0.507 e. The van der Waals surface area contributed by atoms with E-state index in [0.717, 1.165) is 5.56 Å². The summed E-state index contributed by atoms with van der Waals surface area (Å²) >= 11 is 6.17. The van der Waals surface area contributed by atoms with Gasteiger partial charge in [0.1, 0.15) is 28.6 Å². The number of aromatic hydroxyl groups is 1. The zero-order valence-corrected chi connectivity index (χ0v) is 17.3. The van der Waals surface area contributed by atoms with Crippen molar-refractivity contribution in [3.05, 3.63) is 88.5 Å². The van der Waals surface area contributed by atoms with Gasteiger partial charge in [0.15, 0.2) is 0 Å². The molecule has 4 aromatic rings. The normalized spacial score (nSPS) is 15.4. The van der Waals surface area contributed by atoms with Crippen molar-refractivity contribution >= 4 is 17.5 Å². The number of aromatic amines is 1. The Morgan fingerprint density at radius 1 is 1.23 bits per heavy atom. The molecule has 156 valence electrons. The summed E-state index contributed by atoms with van der Waals surface area (Å²) in [5.41, 5.74) is 2.81. The lowest BCUT2D eigenvalue weighted by atomic mass is 9.95. The fraction of sp³-hybridized carbons (Fsp3) is 0.130. The van der Waals surface area contributed by atoms with Gasteiger partial charge in [-0.25, -0.2) is 0 Å². The number of nitrogens with zero attached hydrogens (tertiary/aromatic N) is 2. The predicted octanol–water partition coefficient (Wildman–Crippen LogP) is 4.78. The predicted molar refractivity (Wildman–Crippen MR) is 114 cm³/mol. The molecule has 1 amide bonds. The highest BCUT2D eigenvalue weighted by molar-refractivity contribution is 6.31. The minimum atomic E-state index is -0.463. The number of hydrogen-bond donors (Lipinski definition) is 2. The van der Waals surface area contributed by atoms with Crippen LogP contribution in [0.25, 0.3) is 11.3 Å². The Morgan fingerprint density at radius 3 is 2.87 bits per heavy atom. The van der Waals surface area contributed by atoms with Crippen molar-refractivity contribution in [2.45, 2.75) is 12.6 Å². The van der Waals surface area contributed by atoms with Gasteiger partial charge in [-0.1, -0.05) is 23.7 Å². The zero-order chi connectivity index (χ0) is 21.5. The number of nitrogens with one attached hydrogen (secondary N) is 1. The van der Waals surface area contributed by atoms with E-state index in [1.807, 2.05) is 30.3 Å². The maximum Gasteiger partial charge on any atom is 0.273 e. The Morgan fingerprint density at radius 2 is 2.10 bits per heavy atom. The van der Waals surface area contributed by atoms with Gasteiger partial charge in [0.2, 0.25) is 0 Å². The van der Waals surface area contributed by atoms with Crippen LogP contribution in [0.4, 0.5) is 0 Å². The lowest BCUT2D eigenvalue weighted by Crippen LogP contribution is -2.29. The minimum absolute atomic E-state index is 0.0278. The average Bonchev–Trinajstić information content (AvgIpc) is 3.50. The number of phenols is 1. The Hall–Kier alpha value is -3.71. The molecule has 2 aromatic heterocycles. The molecular formula is C23H18ClN3O4. The Labute approximate surface area is 182 Å². The second-order valence-electron chi connectivity index (χ2n) is 7.21. The number of benzene rings is 2. The van der Waals surface area contributed by atoms with Crippen molar-refractivity contribution in [2.75, 3.05) is 7.11 Å². The first-order valence-electron chi connectivity index (χ1n) is 9.61. The van der Waals surface area contributed by atoms with Gasteiger partial charge in [-0.2, -0.15) is 5.10 Å². The third-order valence-corrected chi connectivity index (χ3v) is 5.63. The van der Waals surface area contributed by atoms with Crippen LogP contribution in [0.3, 0.4) is 0 Å². The molecule has 3 heterocycles. The van der Waals surface area contributed by atoms with Crippen molar-refractivity contribution < 1.29 is 19.1 Å². The number of aromatic nitrogens is 2. The van der Waals surface area contributed by atoms with Gasteiger partial charge in [-0.15, -0.1) is 0 Å². The Kier molecular flexibility index (Phi) is 4.67. The lowest BCUT2D eigenvalue weighted by Gasteiger charge is -2.26. The van der Waals surface area contributed by atoms with Crippen LogP contribution in [0.15, 0.2) is 65.3 Å². The topological polar surface area (TPSA) is 91.6 Å². The second kappa shape index (κ2) is 7.52. The van der Waals surface area contributed by atoms with Crippen molar-refractivity contribution in [3.8, 4) is 22.8 Å². The Balaban J connectivity index is 1.70. The molecule has 1 atom stereocenters. The van der Waals surface area contributed by atoms with E-state index in [9.17, 15) is 9.90 Å². The lowest BCUT2D eigenvalue weighted by molar-refractivity contribution is 0.0717. The number of carbonyl (C=O) groups is 1. The van der Waals surface area contributed by atoms with Crippen molar-refractivity contribution in [2.24, 2.45) is 0 Å². The first kappa shape index (κ1) is 19.3. The number of phenolic OH excluding ortho intramolecular Hbond substituents is 1. The number of hydrogen-bond acceptors (Lipinski definition) is 5. The molecule has 7 nitrogen and oxygen atoms in total. The second-order valence-corrected chi connectivity index (χ2v) is 7.65. The SMILES string of the molecule is COc1cccc(C2c3c(-c4cc(Cl)ccc4O)n[nH]c3C(=O)N2Cc2ccco2)c1. The van der Waals surface area contributed by atoms with E-state index in [2.05, 4.69) is 10.2 Å². The van der Waals surface area contributed by atoms with E-state index in [1.165, 1.54) is 6.07 Å². The van der Waals surface area contributed by atoms with Gasteiger partial charge in [0, 0.05) is 16.1 Å². The molecule has 0 saturated heterocycles. The molecule has 0 fully saturated rings. The Bertz CT molecular complexity index is 1270. The molecule has 0 bridgehead atoms. The van der Waals surface area contributed by atoms with E-state index in [4.69, 9.17) is 20.8 Å². The van der Waals surface area contributed by atoms with E-state index in [1.54, 1.807) is 36.5 Å². The molecule has 1 aliphatic rings. The molecule has 2 N–H and O–H groups in total. The number of fused-ring (bicyclic) bond motifs is 1. The molecule has 5 rings (SSSR count). The molecule has 1 aliphatic heterocycles. The van der Waals surface area contributed by atoms with E-state index < -0.39 is 6.04 Å². The number of furan rings is 1. The quantitative estimate of drug-likeness (QED) is 0.470. The fourth-order valence-electron chi connectivity index (χ4n) is 3.99. The number of methoxy groups -OCH3 is 1. The zero-order valence-electron chi connectivity index (χ0n) is 16.5. The van der Waals surface area contributed by atoms with Crippen LogP contribution in [0, 0.1) is 0 Å². The molecule has 0 spiro atoms. The summed E-state index contributed by atoms with van der Waals surface area (Å²) in [6.45, 7) is 0.275. The summed E-state index contributed by atoms with van der Waals surface area (Å²) in [4.78, 5) is 15.1. The summed E-state index contributed by atoms with van der Waals surface area (Å²) in [5, 5.41) is 18.2. The monoisotopic (exact) mass is 435 g/mol. The van der Waals surface area contributed by atoms with Gasteiger partial charge < -0.3 is 19.2 Å². The number of ether oxygens (including phenoxy) is 1. The van der Waals surface area contributed by atoms with Crippen LogP contribution in [-0.4, -0.2) is 33.2 Å². The molecule has 0 radical (unpaired) electrons. The standard InChI is InChI=1S/C23H18ClN3O4/c1-30-15-5-2-4-13(10-15)22-19-20(17-11-14(24)7-8-18(17)28)25-26-21(19)23(29)27(22)12-16-6-3-9-31-16/h2-11,22,28H,12H2,1H3,(H,25,26). The van der Waals surface area contributed by atoms with Crippen molar-refractivity contribution in [1.29, 1.82) is 0 Å². The third-order valence-electron chi connectivity index (χ3n) is 5.39. The highest BCUT2D eigenvalue weighted by atomic mass is 35.5. The molecule has 1 unspecified atom stereocenters. The third kappa shape index (κ3) is 3.23. The number of rotatable bonds is 5. The van der Waals surface area contributed by atoms with Crippen molar-refractivity contribution in [1.82, 2.24) is 15.1 Å². The van der Waals surface area contributed by atoms with Crippen LogP contribution < -0.4 is 4.74 Å². The van der Waals surface area contributed by atoms with Gasteiger partial charge in [-0.3, -0.25) is 9.89 Å².